The highest BCUT2D eigenvalue weighted by Crippen LogP contribution is 2.34. The van der Waals surface area contributed by atoms with Crippen molar-refractivity contribution in [1.82, 2.24) is 5.43 Å². The fraction of sp³-hybridized carbons (Fsp3) is 0.222. The van der Waals surface area contributed by atoms with Crippen LogP contribution in [0.5, 0.6) is 23.0 Å². The van der Waals surface area contributed by atoms with Crippen LogP contribution in [0.15, 0.2) is 41.5 Å². The van der Waals surface area contributed by atoms with Crippen molar-refractivity contribution >= 4 is 12.1 Å². The highest BCUT2D eigenvalue weighted by Gasteiger charge is 2.16. The van der Waals surface area contributed by atoms with Crippen molar-refractivity contribution in [1.29, 1.82) is 0 Å². The third-order valence-electron chi connectivity index (χ3n) is 3.63. The van der Waals surface area contributed by atoms with Gasteiger partial charge in [0.15, 0.2) is 23.0 Å². The first kappa shape index (κ1) is 16.6. The maximum atomic E-state index is 12.0. The van der Waals surface area contributed by atoms with Gasteiger partial charge in [-0.1, -0.05) is 12.1 Å². The van der Waals surface area contributed by atoms with Crippen LogP contribution in [0.2, 0.25) is 0 Å². The van der Waals surface area contributed by atoms with Crippen molar-refractivity contribution in [2.24, 2.45) is 5.10 Å². The van der Waals surface area contributed by atoms with Crippen LogP contribution < -0.4 is 24.4 Å². The number of ether oxygens (including phenoxy) is 4. The van der Waals surface area contributed by atoms with Gasteiger partial charge < -0.3 is 18.9 Å². The monoisotopic (exact) mass is 342 g/mol. The van der Waals surface area contributed by atoms with Gasteiger partial charge in [-0.25, -0.2) is 5.43 Å². The van der Waals surface area contributed by atoms with Crippen LogP contribution in [0.3, 0.4) is 0 Å². The standard InChI is InChI=1S/C18H18N2O5/c1-22-14-7-6-12(8-16(14)23-2)9-17(21)20-19-10-13-4-3-5-15-18(13)25-11-24-15/h3-8,10H,9,11H2,1-2H3,(H,20,21). The summed E-state index contributed by atoms with van der Waals surface area (Å²) in [5.74, 6) is 2.24. The molecule has 0 aromatic heterocycles. The predicted molar refractivity (Wildman–Crippen MR) is 91.6 cm³/mol. The lowest BCUT2D eigenvalue weighted by atomic mass is 10.1. The molecule has 1 aliphatic heterocycles. The van der Waals surface area contributed by atoms with Crippen LogP contribution in [-0.2, 0) is 11.2 Å². The SMILES string of the molecule is COc1ccc(CC(=O)NN=Cc2cccc3c2OCO3)cc1OC. The Morgan fingerprint density at radius 3 is 2.84 bits per heavy atom. The lowest BCUT2D eigenvalue weighted by Gasteiger charge is -2.09. The van der Waals surface area contributed by atoms with Gasteiger partial charge in [0.2, 0.25) is 12.7 Å². The summed E-state index contributed by atoms with van der Waals surface area (Å²) >= 11 is 0. The lowest BCUT2D eigenvalue weighted by Crippen LogP contribution is -2.19. The van der Waals surface area contributed by atoms with Gasteiger partial charge in [0.25, 0.3) is 0 Å². The van der Waals surface area contributed by atoms with E-state index in [2.05, 4.69) is 10.5 Å². The van der Waals surface area contributed by atoms with Crippen LogP contribution in [0.1, 0.15) is 11.1 Å². The molecule has 0 radical (unpaired) electrons. The average molecular weight is 342 g/mol. The Morgan fingerprint density at radius 1 is 1.20 bits per heavy atom. The van der Waals surface area contributed by atoms with E-state index in [-0.39, 0.29) is 19.1 Å². The van der Waals surface area contributed by atoms with Crippen LogP contribution in [0.4, 0.5) is 0 Å². The maximum Gasteiger partial charge on any atom is 0.244 e. The van der Waals surface area contributed by atoms with Gasteiger partial charge in [-0.05, 0) is 29.8 Å². The topological polar surface area (TPSA) is 78.4 Å². The molecule has 0 bridgehead atoms. The number of carbonyl (C=O) groups excluding carboxylic acids is 1. The molecule has 2 aromatic carbocycles. The number of benzene rings is 2. The second-order valence-electron chi connectivity index (χ2n) is 5.24. The molecule has 2 aromatic rings. The predicted octanol–water partition coefficient (Wildman–Crippen LogP) is 2.13. The number of rotatable bonds is 6. The molecule has 130 valence electrons. The Bertz CT molecular complexity index is 804. The summed E-state index contributed by atoms with van der Waals surface area (Å²) in [6.07, 6.45) is 1.70. The van der Waals surface area contributed by atoms with E-state index in [9.17, 15) is 4.79 Å². The number of para-hydroxylation sites is 1. The zero-order valence-electron chi connectivity index (χ0n) is 13.9. The molecule has 0 fully saturated rings. The number of nitrogens with zero attached hydrogens (tertiary/aromatic N) is 1. The van der Waals surface area contributed by atoms with Crippen molar-refractivity contribution in [2.45, 2.75) is 6.42 Å². The summed E-state index contributed by atoms with van der Waals surface area (Å²) in [4.78, 5) is 12.0. The van der Waals surface area contributed by atoms with E-state index in [1.54, 1.807) is 32.4 Å². The van der Waals surface area contributed by atoms with Gasteiger partial charge >= 0.3 is 0 Å². The summed E-state index contributed by atoms with van der Waals surface area (Å²) in [6.45, 7) is 0.186. The van der Waals surface area contributed by atoms with Gasteiger partial charge in [0.05, 0.1) is 26.9 Å². The summed E-state index contributed by atoms with van der Waals surface area (Å²) < 4.78 is 21.1. The summed E-state index contributed by atoms with van der Waals surface area (Å²) in [7, 11) is 3.12. The zero-order valence-corrected chi connectivity index (χ0v) is 13.9. The molecule has 25 heavy (non-hydrogen) atoms. The van der Waals surface area contributed by atoms with E-state index in [0.29, 0.717) is 23.0 Å². The van der Waals surface area contributed by atoms with Gasteiger partial charge in [-0.2, -0.15) is 5.10 Å². The van der Waals surface area contributed by atoms with Crippen LogP contribution in [0.25, 0.3) is 0 Å². The number of amides is 1. The molecule has 0 saturated heterocycles. The molecule has 0 aliphatic carbocycles. The largest absolute Gasteiger partial charge is 0.493 e. The Hall–Kier alpha value is -3.22. The summed E-state index contributed by atoms with van der Waals surface area (Å²) in [5.41, 5.74) is 4.03. The normalized spacial score (nSPS) is 12.2. The second kappa shape index (κ2) is 7.57. The van der Waals surface area contributed by atoms with Gasteiger partial charge in [-0.3, -0.25) is 4.79 Å². The molecule has 0 unspecified atom stereocenters. The van der Waals surface area contributed by atoms with Crippen LogP contribution >= 0.6 is 0 Å². The number of hydrazone groups is 1. The minimum Gasteiger partial charge on any atom is -0.493 e. The number of hydrogen-bond acceptors (Lipinski definition) is 6. The average Bonchev–Trinajstić information content (AvgIpc) is 3.11. The van der Waals surface area contributed by atoms with Crippen LogP contribution in [0, 0.1) is 0 Å². The number of carbonyl (C=O) groups is 1. The van der Waals surface area contributed by atoms with E-state index in [1.807, 2.05) is 18.2 Å². The Kier molecular flexibility index (Phi) is 5.03. The van der Waals surface area contributed by atoms with Gasteiger partial charge in [0, 0.05) is 5.56 Å². The summed E-state index contributed by atoms with van der Waals surface area (Å²) in [6, 6.07) is 10.8. The molecule has 0 atom stereocenters. The highest BCUT2D eigenvalue weighted by atomic mass is 16.7. The smallest absolute Gasteiger partial charge is 0.244 e. The maximum absolute atomic E-state index is 12.0. The molecule has 1 amide bonds. The van der Waals surface area contributed by atoms with E-state index in [4.69, 9.17) is 18.9 Å². The Morgan fingerprint density at radius 2 is 2.04 bits per heavy atom. The number of methoxy groups -OCH3 is 2. The van der Waals surface area contributed by atoms with E-state index >= 15 is 0 Å². The first-order valence-corrected chi connectivity index (χ1v) is 7.62. The number of fused-ring (bicyclic) bond motifs is 1. The number of nitrogens with one attached hydrogen (secondary N) is 1. The molecule has 1 heterocycles. The zero-order chi connectivity index (χ0) is 17.6. The van der Waals surface area contributed by atoms with E-state index in [0.717, 1.165) is 11.1 Å². The third-order valence-corrected chi connectivity index (χ3v) is 3.63. The minimum atomic E-state index is -0.242. The molecule has 7 nitrogen and oxygen atoms in total. The molecular formula is C18H18N2O5. The molecular weight excluding hydrogens is 324 g/mol. The van der Waals surface area contributed by atoms with Crippen molar-refractivity contribution < 1.29 is 23.7 Å². The second-order valence-corrected chi connectivity index (χ2v) is 5.24. The van der Waals surface area contributed by atoms with Crippen molar-refractivity contribution in [3.63, 3.8) is 0 Å². The first-order valence-electron chi connectivity index (χ1n) is 7.62. The molecule has 0 saturated carbocycles. The fourth-order valence-corrected chi connectivity index (χ4v) is 2.44. The highest BCUT2D eigenvalue weighted by molar-refractivity contribution is 5.87. The van der Waals surface area contributed by atoms with E-state index < -0.39 is 0 Å². The number of hydrogen-bond donors (Lipinski definition) is 1. The van der Waals surface area contributed by atoms with Gasteiger partial charge in [0.1, 0.15) is 0 Å². The third kappa shape index (κ3) is 3.82. The van der Waals surface area contributed by atoms with Crippen molar-refractivity contribution in [2.75, 3.05) is 21.0 Å². The minimum absolute atomic E-state index is 0.171. The fourth-order valence-electron chi connectivity index (χ4n) is 2.44. The van der Waals surface area contributed by atoms with Crippen LogP contribution in [-0.4, -0.2) is 33.1 Å². The first-order chi connectivity index (χ1) is 12.2. The molecule has 3 rings (SSSR count). The lowest BCUT2D eigenvalue weighted by molar-refractivity contribution is -0.120. The Balaban J connectivity index is 1.61. The van der Waals surface area contributed by atoms with Crippen molar-refractivity contribution in [3.05, 3.63) is 47.5 Å². The molecule has 7 heteroatoms. The molecule has 0 spiro atoms. The summed E-state index contributed by atoms with van der Waals surface area (Å²) in [5, 5.41) is 3.98. The van der Waals surface area contributed by atoms with E-state index in [1.165, 1.54) is 6.21 Å². The van der Waals surface area contributed by atoms with Gasteiger partial charge in [-0.15, -0.1) is 0 Å². The van der Waals surface area contributed by atoms with Crippen molar-refractivity contribution in [3.8, 4) is 23.0 Å². The Labute approximate surface area is 145 Å². The molecule has 1 N–H and O–H groups in total. The quantitative estimate of drug-likeness (QED) is 0.643. The molecule has 1 aliphatic rings.